The fourth-order valence-electron chi connectivity index (χ4n) is 2.39. The van der Waals surface area contributed by atoms with Crippen LogP contribution in [0.1, 0.15) is 22.0 Å². The first-order chi connectivity index (χ1) is 11.7. The fraction of sp³-hybridized carbons (Fsp3) is 0.105. The van der Waals surface area contributed by atoms with E-state index in [1.807, 2.05) is 47.8 Å². The summed E-state index contributed by atoms with van der Waals surface area (Å²) in [7, 11) is 0. The molecule has 1 heterocycles. The summed E-state index contributed by atoms with van der Waals surface area (Å²) in [5, 5.41) is 7.77. The average molecular weight is 340 g/mol. The van der Waals surface area contributed by atoms with Gasteiger partial charge in [-0.3, -0.25) is 0 Å². The zero-order chi connectivity index (χ0) is 16.8. The van der Waals surface area contributed by atoms with E-state index in [-0.39, 0.29) is 17.9 Å². The lowest BCUT2D eigenvalue weighted by molar-refractivity contribution is 0.238. The predicted molar refractivity (Wildman–Crippen MR) is 94.4 cm³/mol. The second-order valence-electron chi connectivity index (χ2n) is 5.31. The van der Waals surface area contributed by atoms with Crippen molar-refractivity contribution < 1.29 is 9.18 Å². The number of hydrogen-bond acceptors (Lipinski definition) is 2. The van der Waals surface area contributed by atoms with Gasteiger partial charge in [0.05, 0.1) is 6.04 Å². The molecule has 122 valence electrons. The molecule has 0 aliphatic heterocycles. The van der Waals surface area contributed by atoms with Crippen LogP contribution in [0.15, 0.2) is 72.1 Å². The van der Waals surface area contributed by atoms with Crippen LogP contribution >= 0.6 is 11.3 Å². The summed E-state index contributed by atoms with van der Waals surface area (Å²) in [4.78, 5) is 13.3. The molecular formula is C19H17FN2OS. The first-order valence-corrected chi connectivity index (χ1v) is 8.47. The molecule has 0 spiro atoms. The van der Waals surface area contributed by atoms with E-state index in [4.69, 9.17) is 0 Å². The fourth-order valence-corrected chi connectivity index (χ4v) is 3.19. The van der Waals surface area contributed by atoms with Crippen LogP contribution in [0.4, 0.5) is 9.18 Å². The molecular weight excluding hydrogens is 323 g/mol. The molecule has 1 unspecified atom stereocenters. The van der Waals surface area contributed by atoms with Gasteiger partial charge in [0, 0.05) is 11.4 Å². The summed E-state index contributed by atoms with van der Waals surface area (Å²) in [6.45, 7) is 0.452. The smallest absolute Gasteiger partial charge is 0.315 e. The van der Waals surface area contributed by atoms with Gasteiger partial charge in [0.25, 0.3) is 0 Å². The van der Waals surface area contributed by atoms with Crippen LogP contribution in [0.3, 0.4) is 0 Å². The SMILES string of the molecule is O=C(NCc1ccccc1)NC(c1ccc(F)cc1)c1cccs1. The molecule has 1 atom stereocenters. The molecule has 2 amide bonds. The number of rotatable bonds is 5. The van der Waals surface area contributed by atoms with Gasteiger partial charge >= 0.3 is 6.03 Å². The maximum Gasteiger partial charge on any atom is 0.315 e. The van der Waals surface area contributed by atoms with Crippen LogP contribution < -0.4 is 10.6 Å². The topological polar surface area (TPSA) is 41.1 Å². The Morgan fingerprint density at radius 1 is 1.00 bits per heavy atom. The van der Waals surface area contributed by atoms with Gasteiger partial charge in [-0.1, -0.05) is 48.5 Å². The van der Waals surface area contributed by atoms with E-state index in [9.17, 15) is 9.18 Å². The predicted octanol–water partition coefficient (Wildman–Crippen LogP) is 4.48. The number of nitrogens with one attached hydrogen (secondary N) is 2. The molecule has 0 radical (unpaired) electrons. The van der Waals surface area contributed by atoms with Crippen molar-refractivity contribution in [2.75, 3.05) is 0 Å². The van der Waals surface area contributed by atoms with Gasteiger partial charge in [0.1, 0.15) is 5.82 Å². The number of halogens is 1. The lowest BCUT2D eigenvalue weighted by atomic mass is 10.1. The van der Waals surface area contributed by atoms with Crippen molar-refractivity contribution >= 4 is 17.4 Å². The number of amides is 2. The third kappa shape index (κ3) is 4.20. The Bertz CT molecular complexity index is 773. The van der Waals surface area contributed by atoms with E-state index in [1.54, 1.807) is 23.5 Å². The Morgan fingerprint density at radius 2 is 1.75 bits per heavy atom. The molecule has 24 heavy (non-hydrogen) atoms. The van der Waals surface area contributed by atoms with E-state index in [0.29, 0.717) is 6.54 Å². The highest BCUT2D eigenvalue weighted by Gasteiger charge is 2.17. The van der Waals surface area contributed by atoms with Gasteiger partial charge in [0.2, 0.25) is 0 Å². The zero-order valence-corrected chi connectivity index (χ0v) is 13.7. The molecule has 3 nitrogen and oxygen atoms in total. The minimum absolute atomic E-state index is 0.262. The van der Waals surface area contributed by atoms with E-state index >= 15 is 0 Å². The molecule has 5 heteroatoms. The summed E-state index contributed by atoms with van der Waals surface area (Å²) in [6, 6.07) is 19.2. The minimum atomic E-state index is -0.304. The third-order valence-electron chi connectivity index (χ3n) is 3.60. The first kappa shape index (κ1) is 16.2. The van der Waals surface area contributed by atoms with E-state index in [1.165, 1.54) is 12.1 Å². The van der Waals surface area contributed by atoms with Crippen molar-refractivity contribution in [2.45, 2.75) is 12.6 Å². The van der Waals surface area contributed by atoms with E-state index < -0.39 is 0 Å². The van der Waals surface area contributed by atoms with E-state index in [0.717, 1.165) is 16.0 Å². The molecule has 0 aliphatic carbocycles. The maximum atomic E-state index is 13.2. The van der Waals surface area contributed by atoms with Crippen LogP contribution in [0.2, 0.25) is 0 Å². The van der Waals surface area contributed by atoms with Crippen LogP contribution in [-0.2, 0) is 6.54 Å². The van der Waals surface area contributed by atoms with Crippen LogP contribution in [0.5, 0.6) is 0 Å². The van der Waals surface area contributed by atoms with E-state index in [2.05, 4.69) is 10.6 Å². The van der Waals surface area contributed by atoms with Crippen molar-refractivity contribution in [3.05, 3.63) is 93.9 Å². The summed E-state index contributed by atoms with van der Waals surface area (Å²) in [6.07, 6.45) is 0. The normalized spacial score (nSPS) is 11.7. The molecule has 0 bridgehead atoms. The Labute approximate surface area is 144 Å². The minimum Gasteiger partial charge on any atom is -0.334 e. The number of benzene rings is 2. The summed E-state index contributed by atoms with van der Waals surface area (Å²) in [5.41, 5.74) is 1.87. The number of carbonyl (C=O) groups is 1. The monoisotopic (exact) mass is 340 g/mol. The lowest BCUT2D eigenvalue weighted by Gasteiger charge is -2.18. The Hall–Kier alpha value is -2.66. The van der Waals surface area contributed by atoms with Crippen molar-refractivity contribution in [3.8, 4) is 0 Å². The third-order valence-corrected chi connectivity index (χ3v) is 4.54. The highest BCUT2D eigenvalue weighted by Crippen LogP contribution is 2.26. The molecule has 2 aromatic carbocycles. The van der Waals surface area contributed by atoms with Gasteiger partial charge in [0.15, 0.2) is 0 Å². The van der Waals surface area contributed by atoms with Gasteiger partial charge in [-0.2, -0.15) is 0 Å². The quantitative estimate of drug-likeness (QED) is 0.706. The van der Waals surface area contributed by atoms with Crippen molar-refractivity contribution in [3.63, 3.8) is 0 Å². The van der Waals surface area contributed by atoms with Gasteiger partial charge in [-0.25, -0.2) is 9.18 Å². The van der Waals surface area contributed by atoms with Crippen molar-refractivity contribution in [1.29, 1.82) is 0 Å². The van der Waals surface area contributed by atoms with Crippen molar-refractivity contribution in [1.82, 2.24) is 10.6 Å². The highest BCUT2D eigenvalue weighted by molar-refractivity contribution is 7.10. The molecule has 3 aromatic rings. The van der Waals surface area contributed by atoms with Gasteiger partial charge in [-0.15, -0.1) is 11.3 Å². The molecule has 0 fully saturated rings. The Balaban J connectivity index is 1.70. The molecule has 0 saturated heterocycles. The van der Waals surface area contributed by atoms with Crippen LogP contribution in [0.25, 0.3) is 0 Å². The largest absolute Gasteiger partial charge is 0.334 e. The summed E-state index contributed by atoms with van der Waals surface area (Å²) in [5.74, 6) is -0.294. The number of carbonyl (C=O) groups excluding carboxylic acids is 1. The highest BCUT2D eigenvalue weighted by atomic mass is 32.1. The summed E-state index contributed by atoms with van der Waals surface area (Å²) >= 11 is 1.55. The molecule has 1 aromatic heterocycles. The molecule has 2 N–H and O–H groups in total. The standard InChI is InChI=1S/C19H17FN2OS/c20-16-10-8-15(9-11-16)18(17-7-4-12-24-17)22-19(23)21-13-14-5-2-1-3-6-14/h1-12,18H,13H2,(H2,21,22,23). The number of urea groups is 1. The second kappa shape index (κ2) is 7.75. The lowest BCUT2D eigenvalue weighted by Crippen LogP contribution is -2.37. The van der Waals surface area contributed by atoms with Gasteiger partial charge in [-0.05, 0) is 34.7 Å². The first-order valence-electron chi connectivity index (χ1n) is 7.59. The molecule has 0 aliphatic rings. The molecule has 3 rings (SSSR count). The number of hydrogen-bond donors (Lipinski definition) is 2. The Morgan fingerprint density at radius 3 is 2.42 bits per heavy atom. The Kier molecular flexibility index (Phi) is 5.23. The van der Waals surface area contributed by atoms with Crippen molar-refractivity contribution in [2.24, 2.45) is 0 Å². The van der Waals surface area contributed by atoms with Crippen LogP contribution in [-0.4, -0.2) is 6.03 Å². The van der Waals surface area contributed by atoms with Gasteiger partial charge < -0.3 is 10.6 Å². The average Bonchev–Trinajstić information content (AvgIpc) is 3.14. The summed E-state index contributed by atoms with van der Waals surface area (Å²) < 4.78 is 13.2. The maximum absolute atomic E-state index is 13.2. The number of thiophene rings is 1. The zero-order valence-electron chi connectivity index (χ0n) is 12.9. The second-order valence-corrected chi connectivity index (χ2v) is 6.29. The molecule has 0 saturated carbocycles. The van der Waals surface area contributed by atoms with Crippen LogP contribution in [0, 0.1) is 5.82 Å².